The number of nitrogens with zero attached hydrogens (tertiary/aromatic N) is 1. The number of rotatable bonds is 39. The maximum atomic E-state index is 12.6. The maximum absolute atomic E-state index is 12.6. The lowest BCUT2D eigenvalue weighted by Gasteiger charge is -2.28. The minimum absolute atomic E-state index is 0.0342. The van der Waals surface area contributed by atoms with Crippen LogP contribution in [0.1, 0.15) is 187 Å². The zero-order valence-electron chi connectivity index (χ0n) is 35.0. The fourth-order valence-electron chi connectivity index (χ4n) is 5.76. The third kappa shape index (κ3) is 40.0. The zero-order chi connectivity index (χ0) is 39.3. The number of phosphoric ester groups is 1. The van der Waals surface area contributed by atoms with E-state index in [0.717, 1.165) is 51.4 Å². The minimum Gasteiger partial charge on any atom is -0.756 e. The number of carbonyl (C=O) groups is 2. The topological polar surface area (TPSA) is 111 Å². The Morgan fingerprint density at radius 3 is 1.43 bits per heavy atom. The molecule has 0 aromatic heterocycles. The standard InChI is InChI=1S/C43H82NO8P/c1-6-8-10-12-14-16-18-20-22-24-25-27-29-31-33-35-42(45)49-39-41(40-51-53(47,48)50-38-37-44(3,4)5)52-43(46)36-34-32-30-28-26-23-21-19-17-15-13-11-9-7-2/h19,21,25,27,41H,6-18,20,22-24,26,28-40H2,1-5H3/b21-19+,27-25+/t41-/m1/s1. The minimum atomic E-state index is -4.63. The maximum Gasteiger partial charge on any atom is 0.306 e. The lowest BCUT2D eigenvalue weighted by molar-refractivity contribution is -0.870. The molecule has 53 heavy (non-hydrogen) atoms. The van der Waals surface area contributed by atoms with Crippen LogP contribution < -0.4 is 4.89 Å². The molecule has 1 unspecified atom stereocenters. The van der Waals surface area contributed by atoms with Crippen LogP contribution in [0.15, 0.2) is 24.3 Å². The highest BCUT2D eigenvalue weighted by Crippen LogP contribution is 2.38. The molecule has 0 aromatic rings. The van der Waals surface area contributed by atoms with E-state index in [-0.39, 0.29) is 26.1 Å². The molecule has 0 aliphatic carbocycles. The van der Waals surface area contributed by atoms with Crippen LogP contribution in [0.5, 0.6) is 0 Å². The van der Waals surface area contributed by atoms with E-state index in [1.165, 1.54) is 96.3 Å². The quantitative estimate of drug-likeness (QED) is 0.0200. The number of unbranched alkanes of at least 4 members (excludes halogenated alkanes) is 21. The first kappa shape index (κ1) is 51.5. The van der Waals surface area contributed by atoms with Crippen molar-refractivity contribution >= 4 is 19.8 Å². The van der Waals surface area contributed by atoms with Crippen LogP contribution >= 0.6 is 7.82 Å². The van der Waals surface area contributed by atoms with Gasteiger partial charge in [0.2, 0.25) is 0 Å². The van der Waals surface area contributed by atoms with Gasteiger partial charge in [-0.05, 0) is 64.2 Å². The van der Waals surface area contributed by atoms with Crippen LogP contribution in [0.3, 0.4) is 0 Å². The number of phosphoric acid groups is 1. The first-order valence-corrected chi connectivity index (χ1v) is 23.0. The van der Waals surface area contributed by atoms with Crippen molar-refractivity contribution in [1.82, 2.24) is 0 Å². The monoisotopic (exact) mass is 772 g/mol. The largest absolute Gasteiger partial charge is 0.756 e. The highest BCUT2D eigenvalue weighted by molar-refractivity contribution is 7.45. The van der Waals surface area contributed by atoms with Crippen LogP contribution in [0, 0.1) is 0 Å². The van der Waals surface area contributed by atoms with Crippen molar-refractivity contribution < 1.29 is 42.1 Å². The van der Waals surface area contributed by atoms with Crippen LogP contribution in [-0.4, -0.2) is 70.0 Å². The van der Waals surface area contributed by atoms with Crippen LogP contribution in [0.25, 0.3) is 0 Å². The van der Waals surface area contributed by atoms with Gasteiger partial charge in [-0.3, -0.25) is 14.2 Å². The highest BCUT2D eigenvalue weighted by Gasteiger charge is 2.21. The summed E-state index contributed by atoms with van der Waals surface area (Å²) in [6, 6.07) is 0. The van der Waals surface area contributed by atoms with E-state index in [1.54, 1.807) is 0 Å². The number of hydrogen-bond acceptors (Lipinski definition) is 8. The second-order valence-corrected chi connectivity index (χ2v) is 17.1. The lowest BCUT2D eigenvalue weighted by atomic mass is 10.1. The number of carbonyl (C=O) groups excluding carboxylic acids is 2. The van der Waals surface area contributed by atoms with E-state index in [9.17, 15) is 19.0 Å². The van der Waals surface area contributed by atoms with Gasteiger partial charge in [0.1, 0.15) is 19.8 Å². The molecule has 0 rings (SSSR count). The summed E-state index contributed by atoms with van der Waals surface area (Å²) in [5.74, 6) is -0.867. The second kappa shape index (κ2) is 36.1. The molecule has 0 spiro atoms. The first-order valence-electron chi connectivity index (χ1n) is 21.5. The Balaban J connectivity index is 4.41. The lowest BCUT2D eigenvalue weighted by Crippen LogP contribution is -2.37. The molecule has 2 atom stereocenters. The molecule has 10 heteroatoms. The van der Waals surface area contributed by atoms with Gasteiger partial charge in [0.15, 0.2) is 6.10 Å². The summed E-state index contributed by atoms with van der Waals surface area (Å²) in [5, 5.41) is 0. The van der Waals surface area contributed by atoms with Gasteiger partial charge in [-0.2, -0.15) is 0 Å². The van der Waals surface area contributed by atoms with E-state index in [1.807, 2.05) is 21.1 Å². The smallest absolute Gasteiger partial charge is 0.306 e. The van der Waals surface area contributed by atoms with Gasteiger partial charge >= 0.3 is 11.9 Å². The fourth-order valence-corrected chi connectivity index (χ4v) is 6.49. The summed E-state index contributed by atoms with van der Waals surface area (Å²) in [4.78, 5) is 37.4. The molecule has 0 saturated carbocycles. The highest BCUT2D eigenvalue weighted by atomic mass is 31.2. The predicted molar refractivity (Wildman–Crippen MR) is 218 cm³/mol. The molecule has 0 fully saturated rings. The Kier molecular flexibility index (Phi) is 35.1. The SMILES string of the molecule is CCCCCCC/C=C/CCCCCCCC(=O)O[C@H](COC(=O)CCCC/C=C/CCCCCCCCCCC)COP(=O)([O-])OCC[N+](C)(C)C. The van der Waals surface area contributed by atoms with E-state index in [0.29, 0.717) is 23.9 Å². The average molecular weight is 772 g/mol. The summed E-state index contributed by atoms with van der Waals surface area (Å²) in [6.45, 7) is 4.19. The fraction of sp³-hybridized carbons (Fsp3) is 0.860. The third-order valence-electron chi connectivity index (χ3n) is 9.19. The molecular weight excluding hydrogens is 689 g/mol. The number of allylic oxidation sites excluding steroid dienone is 4. The van der Waals surface area contributed by atoms with Crippen molar-refractivity contribution in [3.05, 3.63) is 24.3 Å². The van der Waals surface area contributed by atoms with Crippen molar-refractivity contribution in [2.24, 2.45) is 0 Å². The Morgan fingerprint density at radius 2 is 0.962 bits per heavy atom. The summed E-state index contributed by atoms with van der Waals surface area (Å²) >= 11 is 0. The molecule has 0 amide bonds. The van der Waals surface area contributed by atoms with Crippen molar-refractivity contribution in [3.63, 3.8) is 0 Å². The molecular formula is C43H82NO8P. The molecule has 0 radical (unpaired) electrons. The van der Waals surface area contributed by atoms with E-state index >= 15 is 0 Å². The molecule has 0 aliphatic rings. The number of quaternary nitrogens is 1. The predicted octanol–water partition coefficient (Wildman–Crippen LogP) is 11.3. The van der Waals surface area contributed by atoms with Gasteiger partial charge in [-0.1, -0.05) is 134 Å². The van der Waals surface area contributed by atoms with Gasteiger partial charge in [0.25, 0.3) is 7.82 Å². The molecule has 0 saturated heterocycles. The molecule has 312 valence electrons. The van der Waals surface area contributed by atoms with Gasteiger partial charge in [0, 0.05) is 12.8 Å². The van der Waals surface area contributed by atoms with Crippen LogP contribution in [0.2, 0.25) is 0 Å². The molecule has 0 heterocycles. The third-order valence-corrected chi connectivity index (χ3v) is 10.2. The van der Waals surface area contributed by atoms with Crippen molar-refractivity contribution in [2.45, 2.75) is 193 Å². The summed E-state index contributed by atoms with van der Waals surface area (Å²) in [6.07, 6.45) is 37.7. The normalized spacial score (nSPS) is 13.8. The number of likely N-dealkylation sites (N-methyl/N-ethyl adjacent to an activating group) is 1. The molecule has 9 nitrogen and oxygen atoms in total. The number of hydrogen-bond donors (Lipinski definition) is 0. The molecule has 0 N–H and O–H groups in total. The van der Waals surface area contributed by atoms with Crippen molar-refractivity contribution in [3.8, 4) is 0 Å². The van der Waals surface area contributed by atoms with Gasteiger partial charge < -0.3 is 27.9 Å². The second-order valence-electron chi connectivity index (χ2n) is 15.7. The van der Waals surface area contributed by atoms with Gasteiger partial charge in [-0.25, -0.2) is 0 Å². The summed E-state index contributed by atoms with van der Waals surface area (Å²) in [5.41, 5.74) is 0. The van der Waals surface area contributed by atoms with E-state index < -0.39 is 32.5 Å². The average Bonchev–Trinajstić information content (AvgIpc) is 3.10. The molecule has 0 bridgehead atoms. The summed E-state index contributed by atoms with van der Waals surface area (Å²) < 4.78 is 33.8. The molecule has 0 aromatic carbocycles. The molecule has 0 aliphatic heterocycles. The van der Waals surface area contributed by atoms with Crippen molar-refractivity contribution in [1.29, 1.82) is 0 Å². The Morgan fingerprint density at radius 1 is 0.566 bits per heavy atom. The van der Waals surface area contributed by atoms with Gasteiger partial charge in [0.05, 0.1) is 27.7 Å². The van der Waals surface area contributed by atoms with E-state index in [4.69, 9.17) is 18.5 Å². The van der Waals surface area contributed by atoms with Gasteiger partial charge in [-0.15, -0.1) is 0 Å². The Hall–Kier alpha value is -1.51. The zero-order valence-corrected chi connectivity index (χ0v) is 35.9. The van der Waals surface area contributed by atoms with Crippen LogP contribution in [0.4, 0.5) is 0 Å². The van der Waals surface area contributed by atoms with E-state index in [2.05, 4.69) is 38.2 Å². The Labute approximate surface area is 326 Å². The number of esters is 2. The van der Waals surface area contributed by atoms with Crippen LogP contribution in [-0.2, 0) is 32.7 Å². The summed E-state index contributed by atoms with van der Waals surface area (Å²) in [7, 11) is 1.15. The number of ether oxygens (including phenoxy) is 2. The van der Waals surface area contributed by atoms with Crippen molar-refractivity contribution in [2.75, 3.05) is 47.5 Å². The Bertz CT molecular complexity index is 964. The first-order chi connectivity index (χ1) is 25.5.